The molecule has 1 nitrogen and oxygen atoms in total. The van der Waals surface area contributed by atoms with Gasteiger partial charge < -0.3 is 5.73 Å². The molecule has 0 spiro atoms. The van der Waals surface area contributed by atoms with Crippen molar-refractivity contribution in [3.05, 3.63) is 65.2 Å². The molecule has 0 radical (unpaired) electrons. The monoisotopic (exact) mass is 209 g/mol. The molecule has 0 amide bonds. The van der Waals surface area contributed by atoms with Crippen molar-refractivity contribution in [2.75, 3.05) is 5.73 Å². The smallest absolute Gasteiger partial charge is 0.0390 e. The van der Waals surface area contributed by atoms with Gasteiger partial charge in [0.2, 0.25) is 0 Å². The highest BCUT2D eigenvalue weighted by molar-refractivity contribution is 5.75. The average molecular weight is 209 g/mol. The first kappa shape index (κ1) is 10.5. The van der Waals surface area contributed by atoms with Crippen molar-refractivity contribution < 1.29 is 0 Å². The van der Waals surface area contributed by atoms with E-state index < -0.39 is 0 Å². The van der Waals surface area contributed by atoms with Crippen LogP contribution in [0.3, 0.4) is 0 Å². The first-order chi connectivity index (χ1) is 7.75. The second kappa shape index (κ2) is 4.67. The molecule has 2 rings (SSSR count). The molecule has 16 heavy (non-hydrogen) atoms. The molecular weight excluding hydrogens is 194 g/mol. The molecule has 0 atom stereocenters. The van der Waals surface area contributed by atoms with E-state index in [-0.39, 0.29) is 0 Å². The molecule has 1 heteroatoms. The fourth-order valence-corrected chi connectivity index (χ4v) is 1.60. The fourth-order valence-electron chi connectivity index (χ4n) is 1.60. The predicted octanol–water partition coefficient (Wildman–Crippen LogP) is 3.75. The quantitative estimate of drug-likeness (QED) is 0.591. The van der Waals surface area contributed by atoms with Crippen LogP contribution in [-0.2, 0) is 0 Å². The summed E-state index contributed by atoms with van der Waals surface area (Å²) in [7, 11) is 0. The Kier molecular flexibility index (Phi) is 3.06. The van der Waals surface area contributed by atoms with Gasteiger partial charge in [-0.3, -0.25) is 0 Å². The molecule has 2 aromatic rings. The summed E-state index contributed by atoms with van der Waals surface area (Å²) >= 11 is 0. The van der Waals surface area contributed by atoms with Crippen molar-refractivity contribution in [3.63, 3.8) is 0 Å². The molecule has 0 aromatic heterocycles. The zero-order chi connectivity index (χ0) is 11.4. The average Bonchev–Trinajstić information content (AvgIpc) is 2.29. The van der Waals surface area contributed by atoms with Gasteiger partial charge in [0.1, 0.15) is 0 Å². The second-order valence-electron chi connectivity index (χ2n) is 3.88. The van der Waals surface area contributed by atoms with Crippen LogP contribution >= 0.6 is 0 Å². The van der Waals surface area contributed by atoms with Gasteiger partial charge in [0.25, 0.3) is 0 Å². The maximum absolute atomic E-state index is 5.93. The number of aryl methyl sites for hydroxylation is 1. The Morgan fingerprint density at radius 3 is 2.38 bits per heavy atom. The van der Waals surface area contributed by atoms with Crippen LogP contribution in [0.4, 0.5) is 5.69 Å². The number of hydrogen-bond acceptors (Lipinski definition) is 1. The maximum Gasteiger partial charge on any atom is 0.0390 e. The molecule has 0 saturated heterocycles. The highest BCUT2D eigenvalue weighted by atomic mass is 14.6. The lowest BCUT2D eigenvalue weighted by molar-refractivity contribution is 1.46. The summed E-state index contributed by atoms with van der Waals surface area (Å²) in [4.78, 5) is 0. The van der Waals surface area contributed by atoms with Gasteiger partial charge in [-0.25, -0.2) is 0 Å². The minimum Gasteiger partial charge on any atom is -0.398 e. The van der Waals surface area contributed by atoms with Gasteiger partial charge in [-0.1, -0.05) is 54.6 Å². The van der Waals surface area contributed by atoms with E-state index in [2.05, 4.69) is 24.3 Å². The summed E-state index contributed by atoms with van der Waals surface area (Å²) in [6.45, 7) is 2.04. The van der Waals surface area contributed by atoms with Gasteiger partial charge in [-0.2, -0.15) is 0 Å². The van der Waals surface area contributed by atoms with E-state index in [1.54, 1.807) is 0 Å². The van der Waals surface area contributed by atoms with Crippen molar-refractivity contribution in [1.82, 2.24) is 0 Å². The Balaban J connectivity index is 2.24. The highest BCUT2D eigenvalue weighted by Gasteiger charge is 1.94. The third-order valence-corrected chi connectivity index (χ3v) is 2.50. The Morgan fingerprint density at radius 1 is 0.938 bits per heavy atom. The molecule has 0 bridgehead atoms. The van der Waals surface area contributed by atoms with Crippen LogP contribution < -0.4 is 5.73 Å². The third kappa shape index (κ3) is 2.51. The number of benzene rings is 2. The van der Waals surface area contributed by atoms with Crippen molar-refractivity contribution in [2.45, 2.75) is 6.92 Å². The number of hydrogen-bond donors (Lipinski definition) is 1. The lowest BCUT2D eigenvalue weighted by Gasteiger charge is -2.01. The minimum absolute atomic E-state index is 0.826. The molecule has 2 N–H and O–H groups in total. The maximum atomic E-state index is 5.93. The van der Waals surface area contributed by atoms with Crippen LogP contribution in [0.1, 0.15) is 16.7 Å². The van der Waals surface area contributed by atoms with E-state index >= 15 is 0 Å². The zero-order valence-electron chi connectivity index (χ0n) is 9.35. The zero-order valence-corrected chi connectivity index (χ0v) is 9.35. The van der Waals surface area contributed by atoms with Crippen LogP contribution in [0.25, 0.3) is 12.2 Å². The van der Waals surface area contributed by atoms with E-state index in [1.807, 2.05) is 43.3 Å². The summed E-state index contributed by atoms with van der Waals surface area (Å²) in [5.74, 6) is 0. The molecule has 0 aliphatic heterocycles. The van der Waals surface area contributed by atoms with Crippen LogP contribution in [0, 0.1) is 6.92 Å². The molecule has 2 aromatic carbocycles. The third-order valence-electron chi connectivity index (χ3n) is 2.50. The van der Waals surface area contributed by atoms with Gasteiger partial charge in [0, 0.05) is 5.69 Å². The Hall–Kier alpha value is -2.02. The summed E-state index contributed by atoms with van der Waals surface area (Å²) in [6.07, 6.45) is 4.12. The molecule has 0 fully saturated rings. The van der Waals surface area contributed by atoms with E-state index in [0.717, 1.165) is 11.3 Å². The minimum atomic E-state index is 0.826. The first-order valence-corrected chi connectivity index (χ1v) is 5.35. The molecule has 0 saturated carbocycles. The normalized spacial score (nSPS) is 10.8. The summed E-state index contributed by atoms with van der Waals surface area (Å²) in [5.41, 5.74) is 10.2. The van der Waals surface area contributed by atoms with Gasteiger partial charge in [-0.15, -0.1) is 0 Å². The predicted molar refractivity (Wildman–Crippen MR) is 71.0 cm³/mol. The van der Waals surface area contributed by atoms with Crippen molar-refractivity contribution in [3.8, 4) is 0 Å². The fraction of sp³-hybridized carbons (Fsp3) is 0.0667. The van der Waals surface area contributed by atoms with Gasteiger partial charge in [0.05, 0.1) is 0 Å². The molecule has 0 aliphatic rings. The Bertz CT molecular complexity index is 498. The largest absolute Gasteiger partial charge is 0.398 e. The first-order valence-electron chi connectivity index (χ1n) is 5.35. The van der Waals surface area contributed by atoms with Crippen LogP contribution in [0.5, 0.6) is 0 Å². The molecular formula is C15H15N. The summed E-state index contributed by atoms with van der Waals surface area (Å²) in [5, 5.41) is 0. The van der Waals surface area contributed by atoms with E-state index in [4.69, 9.17) is 5.73 Å². The molecule has 80 valence electrons. The van der Waals surface area contributed by atoms with Gasteiger partial charge in [0.15, 0.2) is 0 Å². The Morgan fingerprint density at radius 2 is 1.69 bits per heavy atom. The van der Waals surface area contributed by atoms with E-state index in [0.29, 0.717) is 0 Å². The SMILES string of the molecule is Cc1ccc(/C=C/c2ccccc2)c(N)c1. The van der Waals surface area contributed by atoms with Crippen LogP contribution in [0.2, 0.25) is 0 Å². The topological polar surface area (TPSA) is 26.0 Å². The van der Waals surface area contributed by atoms with E-state index in [1.165, 1.54) is 11.1 Å². The van der Waals surface area contributed by atoms with Crippen molar-refractivity contribution in [1.29, 1.82) is 0 Å². The van der Waals surface area contributed by atoms with E-state index in [9.17, 15) is 0 Å². The summed E-state index contributed by atoms with van der Waals surface area (Å²) < 4.78 is 0. The standard InChI is InChI=1S/C15H15N/c1-12-7-9-14(15(16)11-12)10-8-13-5-3-2-4-6-13/h2-11H,16H2,1H3/b10-8+. The Labute approximate surface area is 96.2 Å². The lowest BCUT2D eigenvalue weighted by atomic mass is 10.1. The van der Waals surface area contributed by atoms with Crippen LogP contribution in [0.15, 0.2) is 48.5 Å². The number of nitrogens with two attached hydrogens (primary N) is 1. The second-order valence-corrected chi connectivity index (χ2v) is 3.88. The molecule has 0 unspecified atom stereocenters. The van der Waals surface area contributed by atoms with Crippen LogP contribution in [-0.4, -0.2) is 0 Å². The lowest BCUT2D eigenvalue weighted by Crippen LogP contribution is -1.89. The molecule has 0 aliphatic carbocycles. The number of rotatable bonds is 2. The summed E-state index contributed by atoms with van der Waals surface area (Å²) in [6, 6.07) is 16.3. The number of anilines is 1. The van der Waals surface area contributed by atoms with Gasteiger partial charge >= 0.3 is 0 Å². The highest BCUT2D eigenvalue weighted by Crippen LogP contribution is 2.16. The van der Waals surface area contributed by atoms with Crippen molar-refractivity contribution in [2.24, 2.45) is 0 Å². The van der Waals surface area contributed by atoms with Gasteiger partial charge in [-0.05, 0) is 29.7 Å². The molecule has 0 heterocycles. The number of nitrogen functional groups attached to an aromatic ring is 1. The van der Waals surface area contributed by atoms with Crippen molar-refractivity contribution >= 4 is 17.8 Å².